The highest BCUT2D eigenvalue weighted by Gasteiger charge is 2.54. The van der Waals surface area contributed by atoms with Crippen LogP contribution in [0, 0.1) is 23.2 Å². The van der Waals surface area contributed by atoms with Gasteiger partial charge in [0, 0.05) is 12.6 Å². The van der Waals surface area contributed by atoms with Crippen molar-refractivity contribution in [3.8, 4) is 0 Å². The summed E-state index contributed by atoms with van der Waals surface area (Å²) in [6.07, 6.45) is 10.4. The average molecular weight is 293 g/mol. The van der Waals surface area contributed by atoms with E-state index in [-0.39, 0.29) is 0 Å². The first kappa shape index (κ1) is 14.5. The Balaban J connectivity index is 1.44. The van der Waals surface area contributed by atoms with E-state index in [2.05, 4.69) is 12.2 Å². The zero-order valence-corrected chi connectivity index (χ0v) is 13.5. The molecule has 3 heteroatoms. The summed E-state index contributed by atoms with van der Waals surface area (Å²) in [5.74, 6) is 3.06. The first-order chi connectivity index (χ1) is 10.3. The van der Waals surface area contributed by atoms with Gasteiger partial charge in [0.2, 0.25) is 0 Å². The summed E-state index contributed by atoms with van der Waals surface area (Å²) in [4.78, 5) is 0. The molecule has 1 N–H and O–H groups in total. The molecule has 0 amide bonds. The maximum absolute atomic E-state index is 6.22. The third-order valence-corrected chi connectivity index (χ3v) is 6.66. The van der Waals surface area contributed by atoms with Gasteiger partial charge in [-0.15, -0.1) is 0 Å². The van der Waals surface area contributed by atoms with E-state index in [1.165, 1.54) is 38.5 Å². The molecule has 5 aliphatic rings. The lowest BCUT2D eigenvalue weighted by atomic mass is 9.47. The summed E-state index contributed by atoms with van der Waals surface area (Å²) in [5, 5.41) is 3.80. The molecule has 0 aromatic heterocycles. The van der Waals surface area contributed by atoms with Crippen molar-refractivity contribution in [1.82, 2.24) is 5.32 Å². The van der Waals surface area contributed by atoms with Crippen molar-refractivity contribution < 1.29 is 9.47 Å². The summed E-state index contributed by atoms with van der Waals surface area (Å²) >= 11 is 0. The Labute approximate surface area is 129 Å². The van der Waals surface area contributed by atoms with Gasteiger partial charge >= 0.3 is 0 Å². The Morgan fingerprint density at radius 1 is 1.14 bits per heavy atom. The smallest absolute Gasteiger partial charge is 0.0831 e. The minimum atomic E-state index is 0.347. The standard InChI is InChI=1S/C18H31NO2/c1-2-19-17(12-21-16-3-4-20-11-16)18-8-13-5-14(9-18)7-15(6-13)10-18/h13-17,19H,2-12H2,1H3. The van der Waals surface area contributed by atoms with E-state index < -0.39 is 0 Å². The van der Waals surface area contributed by atoms with Gasteiger partial charge in [-0.2, -0.15) is 0 Å². The van der Waals surface area contributed by atoms with Crippen molar-refractivity contribution in [2.24, 2.45) is 23.2 Å². The molecular formula is C18H31NO2. The van der Waals surface area contributed by atoms with E-state index >= 15 is 0 Å². The Morgan fingerprint density at radius 3 is 2.33 bits per heavy atom. The van der Waals surface area contributed by atoms with Crippen molar-refractivity contribution in [2.75, 3.05) is 26.4 Å². The second-order valence-electron chi connectivity index (χ2n) is 8.21. The molecule has 4 saturated carbocycles. The first-order valence-corrected chi connectivity index (χ1v) is 9.20. The second kappa shape index (κ2) is 5.82. The molecule has 0 aromatic rings. The molecular weight excluding hydrogens is 262 g/mol. The molecule has 1 saturated heterocycles. The summed E-state index contributed by atoms with van der Waals surface area (Å²) < 4.78 is 11.7. The van der Waals surface area contributed by atoms with E-state index in [0.717, 1.165) is 50.5 Å². The molecule has 5 fully saturated rings. The highest BCUT2D eigenvalue weighted by molar-refractivity contribution is 5.06. The Morgan fingerprint density at radius 2 is 1.81 bits per heavy atom. The third kappa shape index (κ3) is 2.77. The Kier molecular flexibility index (Phi) is 4.01. The number of rotatable bonds is 6. The highest BCUT2D eigenvalue weighted by Crippen LogP contribution is 2.61. The van der Waals surface area contributed by atoms with Gasteiger partial charge in [0.05, 0.1) is 19.3 Å². The van der Waals surface area contributed by atoms with Gasteiger partial charge in [0.15, 0.2) is 0 Å². The SMILES string of the molecule is CCNC(COC1CCOC1)C12CC3CC(CC(C3)C1)C2. The van der Waals surface area contributed by atoms with Gasteiger partial charge in [0.1, 0.15) is 0 Å². The molecule has 1 heterocycles. The van der Waals surface area contributed by atoms with Gasteiger partial charge in [0.25, 0.3) is 0 Å². The quantitative estimate of drug-likeness (QED) is 0.816. The predicted molar refractivity (Wildman–Crippen MR) is 83.2 cm³/mol. The van der Waals surface area contributed by atoms with Crippen molar-refractivity contribution in [3.05, 3.63) is 0 Å². The van der Waals surface area contributed by atoms with Crippen LogP contribution in [-0.2, 0) is 9.47 Å². The van der Waals surface area contributed by atoms with Crippen LogP contribution in [0.1, 0.15) is 51.9 Å². The van der Waals surface area contributed by atoms with E-state index in [9.17, 15) is 0 Å². The first-order valence-electron chi connectivity index (χ1n) is 9.20. The fourth-order valence-corrected chi connectivity index (χ4v) is 6.18. The van der Waals surface area contributed by atoms with Crippen LogP contribution in [0.2, 0.25) is 0 Å². The van der Waals surface area contributed by atoms with E-state index in [4.69, 9.17) is 9.47 Å². The lowest BCUT2D eigenvalue weighted by molar-refractivity contribution is -0.0953. The summed E-state index contributed by atoms with van der Waals surface area (Å²) in [7, 11) is 0. The molecule has 3 nitrogen and oxygen atoms in total. The van der Waals surface area contributed by atoms with Crippen LogP contribution in [-0.4, -0.2) is 38.5 Å². The van der Waals surface area contributed by atoms with Crippen molar-refractivity contribution in [2.45, 2.75) is 64.0 Å². The van der Waals surface area contributed by atoms with Crippen molar-refractivity contribution >= 4 is 0 Å². The lowest BCUT2D eigenvalue weighted by Gasteiger charge is -2.59. The van der Waals surface area contributed by atoms with Crippen molar-refractivity contribution in [1.29, 1.82) is 0 Å². The fourth-order valence-electron chi connectivity index (χ4n) is 6.18. The number of nitrogens with one attached hydrogen (secondary N) is 1. The minimum Gasteiger partial charge on any atom is -0.379 e. The molecule has 21 heavy (non-hydrogen) atoms. The van der Waals surface area contributed by atoms with Gasteiger partial charge in [-0.05, 0) is 74.7 Å². The van der Waals surface area contributed by atoms with E-state index in [1.54, 1.807) is 0 Å². The van der Waals surface area contributed by atoms with Crippen molar-refractivity contribution in [3.63, 3.8) is 0 Å². The van der Waals surface area contributed by atoms with Gasteiger partial charge in [-0.1, -0.05) is 6.92 Å². The molecule has 5 rings (SSSR count). The summed E-state index contributed by atoms with van der Waals surface area (Å²) in [6.45, 7) is 5.89. The average Bonchev–Trinajstić information content (AvgIpc) is 2.95. The lowest BCUT2D eigenvalue weighted by Crippen LogP contribution is -2.57. The normalized spacial score (nSPS) is 46.1. The maximum Gasteiger partial charge on any atom is 0.0831 e. The van der Waals surface area contributed by atoms with Crippen LogP contribution >= 0.6 is 0 Å². The van der Waals surface area contributed by atoms with Crippen LogP contribution in [0.4, 0.5) is 0 Å². The van der Waals surface area contributed by atoms with Gasteiger partial charge in [-0.3, -0.25) is 0 Å². The Hall–Kier alpha value is -0.120. The van der Waals surface area contributed by atoms with Crippen LogP contribution in [0.25, 0.3) is 0 Å². The van der Waals surface area contributed by atoms with Gasteiger partial charge in [-0.25, -0.2) is 0 Å². The van der Waals surface area contributed by atoms with Gasteiger partial charge < -0.3 is 14.8 Å². The zero-order chi connectivity index (χ0) is 14.3. The monoisotopic (exact) mass is 293 g/mol. The second-order valence-corrected chi connectivity index (χ2v) is 8.21. The minimum absolute atomic E-state index is 0.347. The topological polar surface area (TPSA) is 30.5 Å². The molecule has 4 bridgehead atoms. The van der Waals surface area contributed by atoms with Crippen LogP contribution in [0.3, 0.4) is 0 Å². The summed E-state index contributed by atoms with van der Waals surface area (Å²) in [6, 6.07) is 0.566. The largest absolute Gasteiger partial charge is 0.379 e. The Bertz CT molecular complexity index is 329. The third-order valence-electron chi connectivity index (χ3n) is 6.66. The van der Waals surface area contributed by atoms with E-state index in [1.807, 2.05) is 0 Å². The number of hydrogen-bond donors (Lipinski definition) is 1. The highest BCUT2D eigenvalue weighted by atomic mass is 16.5. The number of hydrogen-bond acceptors (Lipinski definition) is 3. The molecule has 0 radical (unpaired) electrons. The van der Waals surface area contributed by atoms with E-state index in [0.29, 0.717) is 17.6 Å². The number of likely N-dealkylation sites (N-methyl/N-ethyl adjacent to an activating group) is 1. The predicted octanol–water partition coefficient (Wildman–Crippen LogP) is 2.99. The maximum atomic E-state index is 6.22. The van der Waals surface area contributed by atoms with Crippen LogP contribution in [0.5, 0.6) is 0 Å². The molecule has 1 aliphatic heterocycles. The van der Waals surface area contributed by atoms with Crippen LogP contribution in [0.15, 0.2) is 0 Å². The molecule has 0 aromatic carbocycles. The molecule has 0 spiro atoms. The van der Waals surface area contributed by atoms with Crippen LogP contribution < -0.4 is 5.32 Å². The number of ether oxygens (including phenoxy) is 2. The molecule has 120 valence electrons. The molecule has 4 aliphatic carbocycles. The molecule has 2 unspecified atom stereocenters. The zero-order valence-electron chi connectivity index (χ0n) is 13.5. The summed E-state index contributed by atoms with van der Waals surface area (Å²) in [5.41, 5.74) is 0.546. The fraction of sp³-hybridized carbons (Fsp3) is 1.00. The molecule has 2 atom stereocenters.